The molecule has 0 saturated carbocycles. The monoisotopic (exact) mass is 165 g/mol. The molecular formula is C8H17F2N. The van der Waals surface area contributed by atoms with E-state index in [1.807, 2.05) is 20.8 Å². The number of hydrogen-bond donors (Lipinski definition) is 1. The fraction of sp³-hybridized carbons (Fsp3) is 1.00. The molecule has 0 aromatic heterocycles. The first-order valence-electron chi connectivity index (χ1n) is 3.90. The summed E-state index contributed by atoms with van der Waals surface area (Å²) in [5.41, 5.74) is 5.44. The maximum atomic E-state index is 11.8. The summed E-state index contributed by atoms with van der Waals surface area (Å²) in [4.78, 5) is 0. The lowest BCUT2D eigenvalue weighted by Gasteiger charge is -2.28. The van der Waals surface area contributed by atoms with Crippen molar-refractivity contribution in [1.82, 2.24) is 0 Å². The van der Waals surface area contributed by atoms with E-state index in [4.69, 9.17) is 5.73 Å². The summed E-state index contributed by atoms with van der Waals surface area (Å²) in [7, 11) is 0. The van der Waals surface area contributed by atoms with Gasteiger partial charge in [-0.25, -0.2) is 8.78 Å². The second kappa shape index (κ2) is 4.00. The lowest BCUT2D eigenvalue weighted by atomic mass is 9.81. The second-order valence-electron chi connectivity index (χ2n) is 3.71. The summed E-state index contributed by atoms with van der Waals surface area (Å²) < 4.78 is 23.6. The van der Waals surface area contributed by atoms with Crippen LogP contribution in [0.5, 0.6) is 0 Å². The molecule has 0 amide bonds. The van der Waals surface area contributed by atoms with Gasteiger partial charge >= 0.3 is 0 Å². The fourth-order valence-corrected chi connectivity index (χ4v) is 0.709. The van der Waals surface area contributed by atoms with Crippen LogP contribution in [0.25, 0.3) is 0 Å². The maximum Gasteiger partial charge on any atom is 0.238 e. The molecule has 3 heteroatoms. The molecule has 0 heterocycles. The molecule has 68 valence electrons. The van der Waals surface area contributed by atoms with Gasteiger partial charge in [0.2, 0.25) is 6.43 Å². The Morgan fingerprint density at radius 3 is 2.09 bits per heavy atom. The first kappa shape index (κ1) is 10.8. The van der Waals surface area contributed by atoms with Crippen LogP contribution in [0.2, 0.25) is 0 Å². The van der Waals surface area contributed by atoms with Crippen molar-refractivity contribution in [1.29, 1.82) is 0 Å². The van der Waals surface area contributed by atoms with Gasteiger partial charge in [0.15, 0.2) is 0 Å². The Morgan fingerprint density at radius 2 is 1.82 bits per heavy atom. The summed E-state index contributed by atoms with van der Waals surface area (Å²) in [6, 6.07) is -0.0266. The number of halogens is 2. The highest BCUT2D eigenvalue weighted by atomic mass is 19.3. The van der Waals surface area contributed by atoms with Gasteiger partial charge in [0.25, 0.3) is 0 Å². The van der Waals surface area contributed by atoms with Crippen molar-refractivity contribution in [2.45, 2.75) is 46.1 Å². The van der Waals surface area contributed by atoms with E-state index in [9.17, 15) is 8.78 Å². The zero-order chi connectivity index (χ0) is 9.07. The van der Waals surface area contributed by atoms with Crippen molar-refractivity contribution in [2.24, 2.45) is 11.1 Å². The summed E-state index contributed by atoms with van der Waals surface area (Å²) in [5.74, 6) is 0. The molecule has 2 N–H and O–H groups in total. The Labute approximate surface area is 67.0 Å². The van der Waals surface area contributed by atoms with Crippen molar-refractivity contribution in [3.8, 4) is 0 Å². The van der Waals surface area contributed by atoms with Crippen LogP contribution in [-0.4, -0.2) is 12.5 Å². The van der Waals surface area contributed by atoms with Gasteiger partial charge in [-0.05, 0) is 18.8 Å². The van der Waals surface area contributed by atoms with Crippen LogP contribution in [0.15, 0.2) is 0 Å². The molecule has 0 aliphatic heterocycles. The predicted molar refractivity (Wildman–Crippen MR) is 42.7 cm³/mol. The molecule has 0 radical (unpaired) electrons. The molecule has 0 fully saturated rings. The van der Waals surface area contributed by atoms with Crippen LogP contribution < -0.4 is 5.73 Å². The molecule has 11 heavy (non-hydrogen) atoms. The minimum absolute atomic E-state index is 0.0266. The largest absolute Gasteiger partial charge is 0.327 e. The molecule has 0 saturated heterocycles. The molecule has 0 aliphatic carbocycles. The van der Waals surface area contributed by atoms with Gasteiger partial charge in [0.1, 0.15) is 0 Å². The Kier molecular flexibility index (Phi) is 3.93. The highest BCUT2D eigenvalue weighted by molar-refractivity contribution is 4.77. The summed E-state index contributed by atoms with van der Waals surface area (Å²) >= 11 is 0. The SMILES string of the molecule is CC(N)C(C)(C)CCC(F)F. The minimum atomic E-state index is -2.20. The quantitative estimate of drug-likeness (QED) is 0.680. The van der Waals surface area contributed by atoms with E-state index in [1.54, 1.807) is 0 Å². The van der Waals surface area contributed by atoms with Crippen molar-refractivity contribution in [3.63, 3.8) is 0 Å². The van der Waals surface area contributed by atoms with Gasteiger partial charge in [-0.15, -0.1) is 0 Å². The number of alkyl halides is 2. The second-order valence-corrected chi connectivity index (χ2v) is 3.71. The van der Waals surface area contributed by atoms with Gasteiger partial charge in [-0.3, -0.25) is 0 Å². The van der Waals surface area contributed by atoms with Gasteiger partial charge in [-0.1, -0.05) is 13.8 Å². The van der Waals surface area contributed by atoms with Crippen LogP contribution in [0.4, 0.5) is 8.78 Å². The molecule has 0 bridgehead atoms. The van der Waals surface area contributed by atoms with E-state index >= 15 is 0 Å². The zero-order valence-electron chi connectivity index (χ0n) is 7.40. The van der Waals surface area contributed by atoms with E-state index in [-0.39, 0.29) is 17.9 Å². The third kappa shape index (κ3) is 4.30. The lowest BCUT2D eigenvalue weighted by molar-refractivity contribution is 0.111. The Morgan fingerprint density at radius 1 is 1.36 bits per heavy atom. The zero-order valence-corrected chi connectivity index (χ0v) is 7.40. The third-order valence-corrected chi connectivity index (χ3v) is 2.24. The first-order valence-corrected chi connectivity index (χ1v) is 3.90. The molecule has 1 atom stereocenters. The molecule has 0 aromatic carbocycles. The van der Waals surface area contributed by atoms with E-state index in [1.165, 1.54) is 0 Å². The standard InChI is InChI=1S/C8H17F2N/c1-6(11)8(2,3)5-4-7(9)10/h6-7H,4-5,11H2,1-3H3. The smallest absolute Gasteiger partial charge is 0.238 e. The number of rotatable bonds is 4. The fourth-order valence-electron chi connectivity index (χ4n) is 0.709. The topological polar surface area (TPSA) is 26.0 Å². The van der Waals surface area contributed by atoms with E-state index < -0.39 is 6.43 Å². The molecule has 1 unspecified atom stereocenters. The van der Waals surface area contributed by atoms with E-state index in [0.717, 1.165) is 0 Å². The Bertz CT molecular complexity index is 111. The molecular weight excluding hydrogens is 148 g/mol. The van der Waals surface area contributed by atoms with Crippen LogP contribution in [0.1, 0.15) is 33.6 Å². The van der Waals surface area contributed by atoms with Crippen LogP contribution in [0.3, 0.4) is 0 Å². The molecule has 0 spiro atoms. The average Bonchev–Trinajstić information content (AvgIpc) is 1.84. The maximum absolute atomic E-state index is 11.8. The van der Waals surface area contributed by atoms with Crippen molar-refractivity contribution in [2.75, 3.05) is 0 Å². The highest BCUT2D eigenvalue weighted by Gasteiger charge is 2.23. The van der Waals surface area contributed by atoms with Crippen LogP contribution in [0, 0.1) is 5.41 Å². The van der Waals surface area contributed by atoms with E-state index in [0.29, 0.717) is 6.42 Å². The summed E-state index contributed by atoms with van der Waals surface area (Å²) in [6.45, 7) is 5.69. The van der Waals surface area contributed by atoms with Crippen molar-refractivity contribution in [3.05, 3.63) is 0 Å². The van der Waals surface area contributed by atoms with Gasteiger partial charge in [-0.2, -0.15) is 0 Å². The molecule has 1 nitrogen and oxygen atoms in total. The third-order valence-electron chi connectivity index (χ3n) is 2.24. The average molecular weight is 165 g/mol. The Hall–Kier alpha value is -0.180. The lowest BCUT2D eigenvalue weighted by Crippen LogP contribution is -2.34. The normalized spacial score (nSPS) is 15.5. The molecule has 0 aliphatic rings. The molecule has 0 rings (SSSR count). The van der Waals surface area contributed by atoms with Crippen LogP contribution >= 0.6 is 0 Å². The molecule has 0 aromatic rings. The van der Waals surface area contributed by atoms with Crippen molar-refractivity contribution >= 4 is 0 Å². The number of nitrogens with two attached hydrogens (primary N) is 1. The summed E-state index contributed by atoms with van der Waals surface area (Å²) in [5, 5.41) is 0. The Balaban J connectivity index is 3.73. The first-order chi connectivity index (χ1) is 4.86. The van der Waals surface area contributed by atoms with Crippen molar-refractivity contribution < 1.29 is 8.78 Å². The number of hydrogen-bond acceptors (Lipinski definition) is 1. The van der Waals surface area contributed by atoms with Crippen LogP contribution in [-0.2, 0) is 0 Å². The minimum Gasteiger partial charge on any atom is -0.327 e. The predicted octanol–water partition coefficient (Wildman–Crippen LogP) is 2.41. The highest BCUT2D eigenvalue weighted by Crippen LogP contribution is 2.26. The van der Waals surface area contributed by atoms with Gasteiger partial charge in [0.05, 0.1) is 0 Å². The van der Waals surface area contributed by atoms with E-state index in [2.05, 4.69) is 0 Å². The summed E-state index contributed by atoms with van der Waals surface area (Å²) in [6.07, 6.45) is -1.76. The van der Waals surface area contributed by atoms with Gasteiger partial charge < -0.3 is 5.73 Å². The van der Waals surface area contributed by atoms with Gasteiger partial charge in [0, 0.05) is 12.5 Å².